The number of urea groups is 1. The third-order valence-electron chi connectivity index (χ3n) is 3.00. The van der Waals surface area contributed by atoms with Crippen LogP contribution in [0.4, 0.5) is 10.5 Å². The first-order valence-corrected chi connectivity index (χ1v) is 6.38. The molecule has 0 aliphatic carbocycles. The van der Waals surface area contributed by atoms with Crippen molar-refractivity contribution in [2.75, 3.05) is 11.9 Å². The standard InChI is InChI=1S/C14H17N3O3/c1-17-9-7-10-4-2-5-11(13(10)17)16-14(20)15-8-3-6-12(18)19/h2,4-5,7,9H,3,6,8H2,1H3,(H,18,19)(H2,15,16,20). The molecule has 106 valence electrons. The molecule has 0 radical (unpaired) electrons. The predicted molar refractivity (Wildman–Crippen MR) is 76.8 cm³/mol. The van der Waals surface area contributed by atoms with Crippen molar-refractivity contribution in [2.24, 2.45) is 7.05 Å². The third-order valence-corrected chi connectivity index (χ3v) is 3.00. The smallest absolute Gasteiger partial charge is 0.319 e. The van der Waals surface area contributed by atoms with Crippen LogP contribution in [0.5, 0.6) is 0 Å². The number of benzene rings is 1. The molecule has 1 aromatic carbocycles. The molecule has 0 atom stereocenters. The highest BCUT2D eigenvalue weighted by atomic mass is 16.4. The van der Waals surface area contributed by atoms with Gasteiger partial charge in [-0.3, -0.25) is 4.79 Å². The number of carbonyl (C=O) groups excluding carboxylic acids is 1. The zero-order chi connectivity index (χ0) is 14.5. The zero-order valence-corrected chi connectivity index (χ0v) is 11.2. The van der Waals surface area contributed by atoms with Crippen LogP contribution >= 0.6 is 0 Å². The van der Waals surface area contributed by atoms with Gasteiger partial charge in [-0.25, -0.2) is 4.79 Å². The van der Waals surface area contributed by atoms with Crippen LogP contribution in [0, 0.1) is 0 Å². The predicted octanol–water partition coefficient (Wildman–Crippen LogP) is 2.16. The molecular formula is C14H17N3O3. The van der Waals surface area contributed by atoms with E-state index in [0.717, 1.165) is 16.6 Å². The maximum atomic E-state index is 11.8. The minimum Gasteiger partial charge on any atom is -0.481 e. The summed E-state index contributed by atoms with van der Waals surface area (Å²) in [6.07, 6.45) is 2.39. The van der Waals surface area contributed by atoms with Crippen LogP contribution in [-0.4, -0.2) is 28.2 Å². The average molecular weight is 275 g/mol. The van der Waals surface area contributed by atoms with Crippen LogP contribution in [0.3, 0.4) is 0 Å². The van der Waals surface area contributed by atoms with Crippen molar-refractivity contribution in [2.45, 2.75) is 12.8 Å². The molecule has 0 saturated carbocycles. The van der Waals surface area contributed by atoms with Crippen LogP contribution in [0.1, 0.15) is 12.8 Å². The molecule has 2 amide bonds. The van der Waals surface area contributed by atoms with Crippen molar-refractivity contribution < 1.29 is 14.7 Å². The minimum absolute atomic E-state index is 0.0493. The molecule has 1 aromatic heterocycles. The molecule has 2 rings (SSSR count). The van der Waals surface area contributed by atoms with E-state index in [4.69, 9.17) is 5.11 Å². The second-order valence-electron chi connectivity index (χ2n) is 4.55. The number of carboxylic acids is 1. The number of hydrogen-bond acceptors (Lipinski definition) is 2. The first-order valence-electron chi connectivity index (χ1n) is 6.38. The van der Waals surface area contributed by atoms with Crippen molar-refractivity contribution in [3.8, 4) is 0 Å². The Balaban J connectivity index is 1.96. The molecule has 6 nitrogen and oxygen atoms in total. The maximum absolute atomic E-state index is 11.8. The van der Waals surface area contributed by atoms with E-state index in [2.05, 4.69) is 10.6 Å². The van der Waals surface area contributed by atoms with E-state index in [1.807, 2.05) is 42.1 Å². The number of carboxylic acid groups (broad SMARTS) is 1. The fourth-order valence-corrected chi connectivity index (χ4v) is 2.07. The van der Waals surface area contributed by atoms with Gasteiger partial charge in [0, 0.05) is 31.6 Å². The molecule has 0 aliphatic rings. The Bertz CT molecular complexity index is 634. The van der Waals surface area contributed by atoms with Crippen molar-refractivity contribution in [3.63, 3.8) is 0 Å². The molecule has 0 unspecified atom stereocenters. The number of fused-ring (bicyclic) bond motifs is 1. The number of anilines is 1. The number of aliphatic carboxylic acids is 1. The Labute approximate surface area is 116 Å². The molecule has 0 fully saturated rings. The number of aromatic nitrogens is 1. The molecular weight excluding hydrogens is 258 g/mol. The number of amides is 2. The largest absolute Gasteiger partial charge is 0.481 e. The molecule has 3 N–H and O–H groups in total. The van der Waals surface area contributed by atoms with Gasteiger partial charge in [0.15, 0.2) is 0 Å². The number of nitrogens with one attached hydrogen (secondary N) is 2. The number of nitrogens with zero attached hydrogens (tertiary/aromatic N) is 1. The lowest BCUT2D eigenvalue weighted by Gasteiger charge is -2.09. The van der Waals surface area contributed by atoms with Crippen LogP contribution < -0.4 is 10.6 Å². The van der Waals surface area contributed by atoms with E-state index in [0.29, 0.717) is 13.0 Å². The lowest BCUT2D eigenvalue weighted by molar-refractivity contribution is -0.137. The highest BCUT2D eigenvalue weighted by molar-refractivity contribution is 6.00. The summed E-state index contributed by atoms with van der Waals surface area (Å²) in [6.45, 7) is 0.335. The summed E-state index contributed by atoms with van der Waals surface area (Å²) >= 11 is 0. The summed E-state index contributed by atoms with van der Waals surface area (Å²) < 4.78 is 1.94. The number of aryl methyl sites for hydroxylation is 1. The van der Waals surface area contributed by atoms with Gasteiger partial charge in [0.1, 0.15) is 0 Å². The second-order valence-corrected chi connectivity index (χ2v) is 4.55. The SMILES string of the molecule is Cn1ccc2cccc(NC(=O)NCCCC(=O)O)c21. The highest BCUT2D eigenvalue weighted by Gasteiger charge is 2.07. The molecule has 2 aromatic rings. The van der Waals surface area contributed by atoms with E-state index in [-0.39, 0.29) is 12.5 Å². The fraction of sp³-hybridized carbons (Fsp3) is 0.286. The monoisotopic (exact) mass is 275 g/mol. The summed E-state index contributed by atoms with van der Waals surface area (Å²) in [5, 5.41) is 15.0. The first kappa shape index (κ1) is 13.9. The van der Waals surface area contributed by atoms with Gasteiger partial charge in [-0.2, -0.15) is 0 Å². The van der Waals surface area contributed by atoms with Crippen LogP contribution in [-0.2, 0) is 11.8 Å². The normalized spacial score (nSPS) is 10.4. The number of carbonyl (C=O) groups is 2. The summed E-state index contributed by atoms with van der Waals surface area (Å²) in [7, 11) is 1.91. The summed E-state index contributed by atoms with van der Waals surface area (Å²) in [6, 6.07) is 7.34. The van der Waals surface area contributed by atoms with Gasteiger partial charge in [-0.1, -0.05) is 12.1 Å². The van der Waals surface area contributed by atoms with Gasteiger partial charge in [0.25, 0.3) is 0 Å². The van der Waals surface area contributed by atoms with E-state index in [1.54, 1.807) is 0 Å². The van der Waals surface area contributed by atoms with E-state index >= 15 is 0 Å². The van der Waals surface area contributed by atoms with Crippen LogP contribution in [0.25, 0.3) is 10.9 Å². The zero-order valence-electron chi connectivity index (χ0n) is 11.2. The number of hydrogen-bond donors (Lipinski definition) is 3. The molecule has 0 spiro atoms. The van der Waals surface area contributed by atoms with Crippen LogP contribution in [0.15, 0.2) is 30.5 Å². The van der Waals surface area contributed by atoms with Gasteiger partial charge in [-0.15, -0.1) is 0 Å². The summed E-state index contributed by atoms with van der Waals surface area (Å²) in [5.74, 6) is -0.860. The Morgan fingerprint density at radius 2 is 2.10 bits per heavy atom. The Morgan fingerprint density at radius 3 is 2.85 bits per heavy atom. The van der Waals surface area contributed by atoms with Gasteiger partial charge >= 0.3 is 12.0 Å². The van der Waals surface area contributed by atoms with Crippen molar-refractivity contribution in [1.82, 2.24) is 9.88 Å². The third kappa shape index (κ3) is 3.28. The highest BCUT2D eigenvalue weighted by Crippen LogP contribution is 2.23. The second kappa shape index (κ2) is 6.10. The lowest BCUT2D eigenvalue weighted by Crippen LogP contribution is -2.30. The van der Waals surface area contributed by atoms with Crippen LogP contribution in [0.2, 0.25) is 0 Å². The van der Waals surface area contributed by atoms with Gasteiger partial charge in [0.2, 0.25) is 0 Å². The van der Waals surface area contributed by atoms with Gasteiger partial charge in [0.05, 0.1) is 11.2 Å². The topological polar surface area (TPSA) is 83.4 Å². The molecule has 1 heterocycles. The maximum Gasteiger partial charge on any atom is 0.319 e. The molecule has 20 heavy (non-hydrogen) atoms. The van der Waals surface area contributed by atoms with E-state index in [1.165, 1.54) is 0 Å². The average Bonchev–Trinajstić information content (AvgIpc) is 2.77. The van der Waals surface area contributed by atoms with Gasteiger partial charge < -0.3 is 20.3 Å². The molecule has 0 aliphatic heterocycles. The summed E-state index contributed by atoms with van der Waals surface area (Å²) in [4.78, 5) is 22.1. The minimum atomic E-state index is -0.860. The van der Waals surface area contributed by atoms with E-state index in [9.17, 15) is 9.59 Å². The van der Waals surface area contributed by atoms with Gasteiger partial charge in [-0.05, 0) is 18.6 Å². The summed E-state index contributed by atoms with van der Waals surface area (Å²) in [5.41, 5.74) is 1.68. The Morgan fingerprint density at radius 1 is 1.30 bits per heavy atom. The quantitative estimate of drug-likeness (QED) is 0.731. The molecule has 0 saturated heterocycles. The molecule has 0 bridgehead atoms. The van der Waals surface area contributed by atoms with Crippen molar-refractivity contribution in [1.29, 1.82) is 0 Å². The Hall–Kier alpha value is -2.50. The molecule has 6 heteroatoms. The lowest BCUT2D eigenvalue weighted by atomic mass is 10.2. The number of rotatable bonds is 5. The fourth-order valence-electron chi connectivity index (χ4n) is 2.07. The van der Waals surface area contributed by atoms with E-state index < -0.39 is 5.97 Å². The Kier molecular flexibility index (Phi) is 4.24. The van der Waals surface area contributed by atoms with Crippen molar-refractivity contribution >= 4 is 28.6 Å². The van der Waals surface area contributed by atoms with Crippen molar-refractivity contribution in [3.05, 3.63) is 30.5 Å². The number of para-hydroxylation sites is 1. The first-order chi connectivity index (χ1) is 9.58.